The van der Waals surface area contributed by atoms with Crippen molar-refractivity contribution >= 4 is 11.7 Å². The number of carbonyl (C=O) groups excluding carboxylic acids is 1. The number of aliphatic hydroxyl groups is 1. The van der Waals surface area contributed by atoms with Gasteiger partial charge in [-0.25, -0.2) is 4.98 Å². The summed E-state index contributed by atoms with van der Waals surface area (Å²) in [6.45, 7) is 3.05. The average molecular weight is 251 g/mol. The first-order valence-electron chi connectivity index (χ1n) is 5.87. The molecular weight excluding hydrogens is 234 g/mol. The molecule has 2 heterocycles. The van der Waals surface area contributed by atoms with E-state index in [-0.39, 0.29) is 6.61 Å². The molecule has 1 aromatic heterocycles. The van der Waals surface area contributed by atoms with Gasteiger partial charge in [-0.15, -0.1) is 0 Å². The van der Waals surface area contributed by atoms with Crippen LogP contribution in [-0.2, 0) is 9.53 Å². The number of nitrogens with zero attached hydrogens (tertiary/aromatic N) is 2. The number of anilines is 1. The van der Waals surface area contributed by atoms with Crippen LogP contribution in [0.3, 0.4) is 0 Å². The second-order valence-corrected chi connectivity index (χ2v) is 4.31. The number of nitrogens with two attached hydrogens (primary N) is 1. The molecule has 1 unspecified atom stereocenters. The summed E-state index contributed by atoms with van der Waals surface area (Å²) >= 11 is 0. The number of hydrogen-bond acceptors (Lipinski definition) is 5. The fourth-order valence-corrected chi connectivity index (χ4v) is 1.96. The fourth-order valence-electron chi connectivity index (χ4n) is 1.96. The number of aromatic nitrogens is 1. The first-order valence-corrected chi connectivity index (χ1v) is 5.87. The molecule has 1 aromatic rings. The van der Waals surface area contributed by atoms with Gasteiger partial charge in [0.1, 0.15) is 11.9 Å². The van der Waals surface area contributed by atoms with E-state index in [0.717, 1.165) is 5.56 Å². The minimum atomic E-state index is -0.570. The minimum Gasteiger partial charge on any atom is -0.389 e. The monoisotopic (exact) mass is 251 g/mol. The summed E-state index contributed by atoms with van der Waals surface area (Å²) in [5.74, 6) is 0.208. The largest absolute Gasteiger partial charge is 0.389 e. The second kappa shape index (κ2) is 5.32. The van der Waals surface area contributed by atoms with Crippen LogP contribution in [0, 0.1) is 0 Å². The summed E-state index contributed by atoms with van der Waals surface area (Å²) in [7, 11) is 0. The molecule has 2 atom stereocenters. The third-order valence-corrected chi connectivity index (χ3v) is 3.00. The Morgan fingerprint density at radius 1 is 1.72 bits per heavy atom. The Morgan fingerprint density at radius 3 is 3.17 bits per heavy atom. The third kappa shape index (κ3) is 2.60. The van der Waals surface area contributed by atoms with Crippen molar-refractivity contribution in [3.05, 3.63) is 23.9 Å². The van der Waals surface area contributed by atoms with Gasteiger partial charge in [0.05, 0.1) is 19.3 Å². The van der Waals surface area contributed by atoms with E-state index in [4.69, 9.17) is 10.5 Å². The molecule has 2 rings (SSSR count). The van der Waals surface area contributed by atoms with Gasteiger partial charge in [-0.2, -0.15) is 0 Å². The zero-order chi connectivity index (χ0) is 13.1. The van der Waals surface area contributed by atoms with Crippen molar-refractivity contribution in [1.29, 1.82) is 0 Å². The number of ether oxygens (including phenoxy) is 1. The highest BCUT2D eigenvalue weighted by Crippen LogP contribution is 2.21. The minimum absolute atomic E-state index is 0.274. The highest BCUT2D eigenvalue weighted by Gasteiger charge is 2.28. The number of rotatable bonds is 3. The van der Waals surface area contributed by atoms with Crippen molar-refractivity contribution in [2.75, 3.05) is 24.7 Å². The number of amides is 1. The number of aliphatic hydroxyl groups excluding tert-OH is 1. The highest BCUT2D eigenvalue weighted by molar-refractivity contribution is 5.83. The van der Waals surface area contributed by atoms with Gasteiger partial charge in [-0.1, -0.05) is 0 Å². The molecule has 0 bridgehead atoms. The van der Waals surface area contributed by atoms with Crippen molar-refractivity contribution in [2.45, 2.75) is 19.1 Å². The van der Waals surface area contributed by atoms with Gasteiger partial charge in [0, 0.05) is 12.7 Å². The van der Waals surface area contributed by atoms with Crippen LogP contribution in [0.5, 0.6) is 0 Å². The Kier molecular flexibility index (Phi) is 3.78. The highest BCUT2D eigenvalue weighted by atomic mass is 16.5. The Hall–Kier alpha value is -1.66. The molecule has 6 heteroatoms. The molecule has 0 spiro atoms. The number of primary amides is 1. The zero-order valence-electron chi connectivity index (χ0n) is 10.2. The summed E-state index contributed by atoms with van der Waals surface area (Å²) in [6, 6.07) is 3.01. The smallest absolute Gasteiger partial charge is 0.242 e. The predicted molar refractivity (Wildman–Crippen MR) is 66.0 cm³/mol. The van der Waals surface area contributed by atoms with Crippen LogP contribution in [-0.4, -0.2) is 41.8 Å². The molecule has 0 saturated carbocycles. The molecule has 1 amide bonds. The summed E-state index contributed by atoms with van der Waals surface area (Å²) in [4.78, 5) is 17.4. The van der Waals surface area contributed by atoms with E-state index in [1.807, 2.05) is 4.90 Å². The average Bonchev–Trinajstić information content (AvgIpc) is 2.39. The molecule has 1 aliphatic rings. The van der Waals surface area contributed by atoms with Crippen molar-refractivity contribution in [1.82, 2.24) is 4.98 Å². The molecule has 0 aromatic carbocycles. The summed E-state index contributed by atoms with van der Waals surface area (Å²) in [6.07, 6.45) is 1.05. The first-order chi connectivity index (χ1) is 8.59. The van der Waals surface area contributed by atoms with Gasteiger partial charge < -0.3 is 20.5 Å². The van der Waals surface area contributed by atoms with E-state index < -0.39 is 18.1 Å². The first kappa shape index (κ1) is 12.8. The number of carbonyl (C=O) groups is 1. The topological polar surface area (TPSA) is 88.7 Å². The molecule has 3 N–H and O–H groups in total. The van der Waals surface area contributed by atoms with E-state index in [2.05, 4.69) is 4.98 Å². The molecule has 1 saturated heterocycles. The Bertz CT molecular complexity index is 436. The van der Waals surface area contributed by atoms with E-state index in [9.17, 15) is 9.90 Å². The normalized spacial score (nSPS) is 21.7. The molecule has 1 fully saturated rings. The Morgan fingerprint density at radius 2 is 2.50 bits per heavy atom. The predicted octanol–water partition coefficient (Wildman–Crippen LogP) is -0.175. The molecule has 6 nitrogen and oxygen atoms in total. The summed E-state index contributed by atoms with van der Waals surface area (Å²) in [5.41, 5.74) is 6.11. The van der Waals surface area contributed by atoms with Gasteiger partial charge in [0.25, 0.3) is 0 Å². The summed E-state index contributed by atoms with van der Waals surface area (Å²) in [5, 5.41) is 9.56. The van der Waals surface area contributed by atoms with Crippen LogP contribution in [0.4, 0.5) is 5.82 Å². The lowest BCUT2D eigenvalue weighted by Crippen LogP contribution is -2.53. The SMILES string of the molecule is C[C@H](O)c1ccnc(N2CCOCC2C(N)=O)c1. The lowest BCUT2D eigenvalue weighted by atomic mass is 10.1. The standard InChI is InChI=1S/C12H17N3O3/c1-8(16)9-2-3-14-11(6-9)15-4-5-18-7-10(15)12(13)17/h2-3,6,8,10,16H,4-5,7H2,1H3,(H2,13,17)/t8-,10?/m0/s1. The van der Waals surface area contributed by atoms with Crippen molar-refractivity contribution in [3.63, 3.8) is 0 Å². The third-order valence-electron chi connectivity index (χ3n) is 3.00. The number of hydrogen-bond donors (Lipinski definition) is 2. The van der Waals surface area contributed by atoms with Gasteiger partial charge >= 0.3 is 0 Å². The maximum atomic E-state index is 11.4. The van der Waals surface area contributed by atoms with Crippen LogP contribution >= 0.6 is 0 Å². The number of pyridine rings is 1. The lowest BCUT2D eigenvalue weighted by molar-refractivity contribution is -0.121. The maximum absolute atomic E-state index is 11.4. The molecule has 98 valence electrons. The quantitative estimate of drug-likeness (QED) is 0.778. The lowest BCUT2D eigenvalue weighted by Gasteiger charge is -2.34. The van der Waals surface area contributed by atoms with Crippen LogP contribution < -0.4 is 10.6 Å². The summed E-state index contributed by atoms with van der Waals surface area (Å²) < 4.78 is 5.25. The van der Waals surface area contributed by atoms with Gasteiger partial charge in [0.15, 0.2) is 0 Å². The zero-order valence-corrected chi connectivity index (χ0v) is 10.2. The molecule has 18 heavy (non-hydrogen) atoms. The maximum Gasteiger partial charge on any atom is 0.242 e. The van der Waals surface area contributed by atoms with E-state index in [1.54, 1.807) is 25.3 Å². The van der Waals surface area contributed by atoms with Crippen LogP contribution in [0.2, 0.25) is 0 Å². The molecular formula is C12H17N3O3. The molecule has 1 aliphatic heterocycles. The van der Waals surface area contributed by atoms with E-state index in [0.29, 0.717) is 19.0 Å². The van der Waals surface area contributed by atoms with E-state index >= 15 is 0 Å². The second-order valence-electron chi connectivity index (χ2n) is 4.31. The van der Waals surface area contributed by atoms with Crippen LogP contribution in [0.1, 0.15) is 18.6 Å². The van der Waals surface area contributed by atoms with Gasteiger partial charge in [-0.3, -0.25) is 4.79 Å². The van der Waals surface area contributed by atoms with Crippen molar-refractivity contribution in [2.24, 2.45) is 5.73 Å². The molecule has 0 aliphatic carbocycles. The number of morpholine rings is 1. The van der Waals surface area contributed by atoms with Crippen LogP contribution in [0.25, 0.3) is 0 Å². The molecule has 0 radical (unpaired) electrons. The van der Waals surface area contributed by atoms with Gasteiger partial charge in [-0.05, 0) is 24.6 Å². The van der Waals surface area contributed by atoms with E-state index in [1.165, 1.54) is 0 Å². The fraction of sp³-hybridized carbons (Fsp3) is 0.500. The Labute approximate surface area is 105 Å². The van der Waals surface area contributed by atoms with Crippen LogP contribution in [0.15, 0.2) is 18.3 Å². The Balaban J connectivity index is 2.28. The van der Waals surface area contributed by atoms with Gasteiger partial charge in [0.2, 0.25) is 5.91 Å². The van der Waals surface area contributed by atoms with Crippen molar-refractivity contribution in [3.8, 4) is 0 Å². The van der Waals surface area contributed by atoms with Crippen molar-refractivity contribution < 1.29 is 14.6 Å².